The zero-order chi connectivity index (χ0) is 15.2. The van der Waals surface area contributed by atoms with E-state index < -0.39 is 0 Å². The number of anilines is 2. The highest BCUT2D eigenvalue weighted by Gasteiger charge is 2.13. The van der Waals surface area contributed by atoms with Crippen LogP contribution in [0.2, 0.25) is 0 Å². The van der Waals surface area contributed by atoms with Gasteiger partial charge in [0.15, 0.2) is 5.82 Å². The molecule has 4 N–H and O–H groups in total. The second-order valence-electron chi connectivity index (χ2n) is 4.54. The van der Waals surface area contributed by atoms with E-state index in [1.807, 2.05) is 18.2 Å². The number of nitrogens with zero attached hydrogens (tertiary/aromatic N) is 2. The normalized spacial score (nSPS) is 10.2. The Kier molecular flexibility index (Phi) is 4.84. The molecule has 0 saturated carbocycles. The van der Waals surface area contributed by atoms with Gasteiger partial charge < -0.3 is 10.7 Å². The van der Waals surface area contributed by atoms with E-state index in [-0.39, 0.29) is 11.6 Å². The van der Waals surface area contributed by atoms with Crippen LogP contribution in [0.3, 0.4) is 0 Å². The highest BCUT2D eigenvalue weighted by molar-refractivity contribution is 6.03. The first-order valence-corrected chi connectivity index (χ1v) is 6.90. The fraction of sp³-hybridized carbons (Fsp3) is 0.267. The first-order chi connectivity index (χ1) is 10.2. The maximum absolute atomic E-state index is 12.3. The number of benzene rings is 1. The minimum absolute atomic E-state index is 0.252. The summed E-state index contributed by atoms with van der Waals surface area (Å²) >= 11 is 0. The van der Waals surface area contributed by atoms with Crippen LogP contribution in [0.1, 0.15) is 35.5 Å². The molecule has 0 bridgehead atoms. The molecule has 0 radical (unpaired) electrons. The largest absolute Gasteiger partial charge is 0.320 e. The SMILES string of the molecule is CCc1cccc(CC)c1NC(=O)c1cnc(NN)cn1. The molecule has 0 saturated heterocycles. The highest BCUT2D eigenvalue weighted by Crippen LogP contribution is 2.23. The zero-order valence-corrected chi connectivity index (χ0v) is 12.2. The lowest BCUT2D eigenvalue weighted by Crippen LogP contribution is -2.17. The Morgan fingerprint density at radius 2 is 1.81 bits per heavy atom. The molecule has 0 aliphatic carbocycles. The first-order valence-electron chi connectivity index (χ1n) is 6.90. The van der Waals surface area contributed by atoms with Crippen LogP contribution in [-0.4, -0.2) is 15.9 Å². The summed E-state index contributed by atoms with van der Waals surface area (Å²) in [5.41, 5.74) is 5.71. The van der Waals surface area contributed by atoms with Crippen LogP contribution in [0.15, 0.2) is 30.6 Å². The molecule has 0 atom stereocenters. The van der Waals surface area contributed by atoms with E-state index in [1.54, 1.807) is 0 Å². The van der Waals surface area contributed by atoms with Crippen molar-refractivity contribution in [2.45, 2.75) is 26.7 Å². The van der Waals surface area contributed by atoms with E-state index in [1.165, 1.54) is 12.4 Å². The van der Waals surface area contributed by atoms with Gasteiger partial charge in [0.1, 0.15) is 5.69 Å². The van der Waals surface area contributed by atoms with Crippen LogP contribution in [0, 0.1) is 0 Å². The minimum atomic E-state index is -0.276. The Morgan fingerprint density at radius 3 is 2.29 bits per heavy atom. The van der Waals surface area contributed by atoms with E-state index in [0.717, 1.165) is 29.7 Å². The van der Waals surface area contributed by atoms with Crippen molar-refractivity contribution in [2.75, 3.05) is 10.7 Å². The molecule has 0 aliphatic rings. The molecule has 21 heavy (non-hydrogen) atoms. The molecule has 0 fully saturated rings. The van der Waals surface area contributed by atoms with Crippen molar-refractivity contribution in [3.05, 3.63) is 47.4 Å². The zero-order valence-electron chi connectivity index (χ0n) is 12.2. The summed E-state index contributed by atoms with van der Waals surface area (Å²) in [6.45, 7) is 4.12. The van der Waals surface area contributed by atoms with Gasteiger partial charge in [-0.15, -0.1) is 0 Å². The summed E-state index contributed by atoms with van der Waals surface area (Å²) in [7, 11) is 0. The minimum Gasteiger partial charge on any atom is -0.320 e. The van der Waals surface area contributed by atoms with Crippen LogP contribution in [0.4, 0.5) is 11.5 Å². The molecule has 2 rings (SSSR count). The molecule has 1 aromatic heterocycles. The molecule has 0 spiro atoms. The standard InChI is InChI=1S/C15H19N5O/c1-3-10-6-5-7-11(4-2)14(10)19-15(21)12-8-18-13(20-16)9-17-12/h5-9H,3-4,16H2,1-2H3,(H,18,20)(H,19,21). The molecule has 1 amide bonds. The fourth-order valence-corrected chi connectivity index (χ4v) is 2.10. The van der Waals surface area contributed by atoms with Crippen LogP contribution in [0.25, 0.3) is 0 Å². The van der Waals surface area contributed by atoms with Crippen molar-refractivity contribution in [1.82, 2.24) is 9.97 Å². The van der Waals surface area contributed by atoms with Gasteiger partial charge in [0.05, 0.1) is 12.4 Å². The topological polar surface area (TPSA) is 92.9 Å². The number of amides is 1. The third-order valence-electron chi connectivity index (χ3n) is 3.27. The highest BCUT2D eigenvalue weighted by atomic mass is 16.1. The molecular weight excluding hydrogens is 266 g/mol. The van der Waals surface area contributed by atoms with E-state index >= 15 is 0 Å². The number of aryl methyl sites for hydroxylation is 2. The summed E-state index contributed by atoms with van der Waals surface area (Å²) in [5.74, 6) is 5.36. The fourth-order valence-electron chi connectivity index (χ4n) is 2.10. The Labute approximate surface area is 123 Å². The number of hydrazine groups is 1. The molecule has 6 nitrogen and oxygen atoms in total. The van der Waals surface area contributed by atoms with Crippen LogP contribution < -0.4 is 16.6 Å². The van der Waals surface area contributed by atoms with E-state index in [2.05, 4.69) is 34.6 Å². The molecule has 2 aromatic rings. The van der Waals surface area contributed by atoms with Crippen LogP contribution in [-0.2, 0) is 12.8 Å². The van der Waals surface area contributed by atoms with Crippen molar-refractivity contribution in [3.8, 4) is 0 Å². The number of rotatable bonds is 5. The quantitative estimate of drug-likeness (QED) is 0.578. The number of hydrogen-bond acceptors (Lipinski definition) is 5. The number of aromatic nitrogens is 2. The lowest BCUT2D eigenvalue weighted by Gasteiger charge is -2.14. The van der Waals surface area contributed by atoms with Gasteiger partial charge in [-0.25, -0.2) is 15.8 Å². The summed E-state index contributed by atoms with van der Waals surface area (Å²) in [5, 5.41) is 2.94. The van der Waals surface area contributed by atoms with Crippen molar-refractivity contribution >= 4 is 17.4 Å². The van der Waals surface area contributed by atoms with E-state index in [9.17, 15) is 4.79 Å². The third-order valence-corrected chi connectivity index (χ3v) is 3.27. The lowest BCUT2D eigenvalue weighted by atomic mass is 10.0. The molecule has 1 heterocycles. The molecule has 0 unspecified atom stereocenters. The smallest absolute Gasteiger partial charge is 0.275 e. The number of nitrogen functional groups attached to an aromatic ring is 1. The van der Waals surface area contributed by atoms with Gasteiger partial charge in [-0.3, -0.25) is 4.79 Å². The van der Waals surface area contributed by atoms with Crippen LogP contribution in [0.5, 0.6) is 0 Å². The van der Waals surface area contributed by atoms with E-state index in [0.29, 0.717) is 5.82 Å². The number of carbonyl (C=O) groups excluding carboxylic acids is 1. The van der Waals surface area contributed by atoms with Crippen molar-refractivity contribution in [1.29, 1.82) is 0 Å². The Morgan fingerprint density at radius 1 is 1.14 bits per heavy atom. The second kappa shape index (κ2) is 6.81. The number of hydrogen-bond donors (Lipinski definition) is 3. The number of para-hydroxylation sites is 1. The van der Waals surface area contributed by atoms with Gasteiger partial charge in [-0.2, -0.15) is 0 Å². The van der Waals surface area contributed by atoms with Crippen molar-refractivity contribution < 1.29 is 4.79 Å². The molecule has 6 heteroatoms. The number of carbonyl (C=O) groups is 1. The predicted octanol–water partition coefficient (Wildman–Crippen LogP) is 2.14. The summed E-state index contributed by atoms with van der Waals surface area (Å²) < 4.78 is 0. The molecule has 1 aromatic carbocycles. The van der Waals surface area contributed by atoms with Gasteiger partial charge in [0.25, 0.3) is 5.91 Å². The van der Waals surface area contributed by atoms with Gasteiger partial charge in [-0.1, -0.05) is 32.0 Å². The average Bonchev–Trinajstić information content (AvgIpc) is 2.55. The lowest BCUT2D eigenvalue weighted by molar-refractivity contribution is 0.102. The van der Waals surface area contributed by atoms with Crippen LogP contribution >= 0.6 is 0 Å². The number of nitrogens with one attached hydrogen (secondary N) is 2. The Hall–Kier alpha value is -2.47. The summed E-state index contributed by atoms with van der Waals surface area (Å²) in [6, 6.07) is 6.04. The van der Waals surface area contributed by atoms with Gasteiger partial charge in [0, 0.05) is 5.69 Å². The van der Waals surface area contributed by atoms with Gasteiger partial charge in [-0.05, 0) is 24.0 Å². The molecule has 0 aliphatic heterocycles. The van der Waals surface area contributed by atoms with Crippen molar-refractivity contribution in [3.63, 3.8) is 0 Å². The Bertz CT molecular complexity index is 602. The monoisotopic (exact) mass is 285 g/mol. The molecule has 110 valence electrons. The average molecular weight is 285 g/mol. The maximum Gasteiger partial charge on any atom is 0.275 e. The Balaban J connectivity index is 2.26. The maximum atomic E-state index is 12.3. The third kappa shape index (κ3) is 3.35. The molecular formula is C15H19N5O. The number of nitrogens with two attached hydrogens (primary N) is 1. The summed E-state index contributed by atoms with van der Waals surface area (Å²) in [6.07, 6.45) is 4.52. The van der Waals surface area contributed by atoms with Gasteiger partial charge in [0.2, 0.25) is 0 Å². The van der Waals surface area contributed by atoms with Crippen molar-refractivity contribution in [2.24, 2.45) is 5.84 Å². The summed E-state index contributed by atoms with van der Waals surface area (Å²) in [4.78, 5) is 20.3. The van der Waals surface area contributed by atoms with E-state index in [4.69, 9.17) is 5.84 Å². The van der Waals surface area contributed by atoms with Gasteiger partial charge >= 0.3 is 0 Å². The second-order valence-corrected chi connectivity index (χ2v) is 4.54. The predicted molar refractivity (Wildman–Crippen MR) is 83.0 cm³/mol. The first kappa shape index (κ1) is 14.9.